The van der Waals surface area contributed by atoms with Crippen LogP contribution in [0.1, 0.15) is 76.1 Å². The van der Waals surface area contributed by atoms with Crippen LogP contribution in [0.3, 0.4) is 0 Å². The number of aryl methyl sites for hydroxylation is 1. The van der Waals surface area contributed by atoms with E-state index in [4.69, 9.17) is 0 Å². The number of benzene rings is 1. The van der Waals surface area contributed by atoms with E-state index in [1.54, 1.807) is 0 Å². The number of para-hydroxylation sites is 1. The highest BCUT2D eigenvalue weighted by Crippen LogP contribution is 2.30. The SMILES string of the molecule is CCCCCCCCC(C)n1c(C#N)c(C)c2ccccc21. The summed E-state index contributed by atoms with van der Waals surface area (Å²) in [5.41, 5.74) is 3.16. The molecule has 2 nitrogen and oxygen atoms in total. The van der Waals surface area contributed by atoms with Gasteiger partial charge in [0.05, 0.1) is 0 Å². The third-order valence-corrected chi connectivity index (χ3v) is 4.69. The number of nitriles is 1. The van der Waals surface area contributed by atoms with E-state index >= 15 is 0 Å². The van der Waals surface area contributed by atoms with Crippen LogP contribution in [0.5, 0.6) is 0 Å². The molecule has 0 saturated heterocycles. The maximum absolute atomic E-state index is 9.55. The maximum Gasteiger partial charge on any atom is 0.124 e. The lowest BCUT2D eigenvalue weighted by molar-refractivity contribution is 0.475. The molecular weight excluding hydrogens is 268 g/mol. The summed E-state index contributed by atoms with van der Waals surface area (Å²) in [5, 5.41) is 10.8. The molecule has 1 heterocycles. The second-order valence-corrected chi connectivity index (χ2v) is 6.38. The van der Waals surface area contributed by atoms with Gasteiger partial charge in [-0.25, -0.2) is 0 Å². The van der Waals surface area contributed by atoms with Crippen molar-refractivity contribution >= 4 is 10.9 Å². The monoisotopic (exact) mass is 296 g/mol. The molecule has 0 saturated carbocycles. The molecule has 118 valence electrons. The predicted molar refractivity (Wildman–Crippen MR) is 94.1 cm³/mol. The smallest absolute Gasteiger partial charge is 0.124 e. The van der Waals surface area contributed by atoms with Gasteiger partial charge in [0.25, 0.3) is 0 Å². The zero-order valence-electron chi connectivity index (χ0n) is 14.2. The minimum Gasteiger partial charge on any atom is -0.329 e. The first-order valence-electron chi connectivity index (χ1n) is 8.70. The van der Waals surface area contributed by atoms with Crippen LogP contribution in [0, 0.1) is 18.3 Å². The molecule has 1 aromatic heterocycles. The average molecular weight is 296 g/mol. The van der Waals surface area contributed by atoms with E-state index in [-0.39, 0.29) is 0 Å². The van der Waals surface area contributed by atoms with Crippen LogP contribution in [0.25, 0.3) is 10.9 Å². The Balaban J connectivity index is 2.08. The van der Waals surface area contributed by atoms with E-state index in [9.17, 15) is 5.26 Å². The second-order valence-electron chi connectivity index (χ2n) is 6.38. The Bertz CT molecular complexity index is 646. The van der Waals surface area contributed by atoms with Crippen LogP contribution in [0.15, 0.2) is 24.3 Å². The average Bonchev–Trinajstić information content (AvgIpc) is 2.83. The number of hydrogen-bond donors (Lipinski definition) is 0. The fraction of sp³-hybridized carbons (Fsp3) is 0.550. The molecule has 0 bridgehead atoms. The number of unbranched alkanes of at least 4 members (excludes halogenated alkanes) is 5. The van der Waals surface area contributed by atoms with Crippen molar-refractivity contribution in [2.24, 2.45) is 0 Å². The molecule has 2 aromatic rings. The van der Waals surface area contributed by atoms with E-state index in [0.29, 0.717) is 6.04 Å². The van der Waals surface area contributed by atoms with Gasteiger partial charge in [0.2, 0.25) is 0 Å². The van der Waals surface area contributed by atoms with Crippen molar-refractivity contribution < 1.29 is 0 Å². The number of fused-ring (bicyclic) bond motifs is 1. The lowest BCUT2D eigenvalue weighted by Crippen LogP contribution is -2.07. The van der Waals surface area contributed by atoms with Gasteiger partial charge in [-0.15, -0.1) is 0 Å². The molecule has 0 N–H and O–H groups in total. The Labute approximate surface area is 134 Å². The quantitative estimate of drug-likeness (QED) is 0.538. The van der Waals surface area contributed by atoms with E-state index in [1.165, 1.54) is 49.4 Å². The van der Waals surface area contributed by atoms with Crippen molar-refractivity contribution in [2.45, 2.75) is 71.8 Å². The molecule has 0 aliphatic heterocycles. The van der Waals surface area contributed by atoms with Gasteiger partial charge in [0, 0.05) is 16.9 Å². The standard InChI is InChI=1S/C20H28N2/c1-4-5-6-7-8-9-12-16(2)22-19-14-11-10-13-18(19)17(3)20(22)15-21/h10-11,13-14,16H,4-9,12H2,1-3H3. The van der Waals surface area contributed by atoms with E-state index in [0.717, 1.165) is 17.7 Å². The normalized spacial score (nSPS) is 12.5. The van der Waals surface area contributed by atoms with E-state index in [2.05, 4.69) is 55.7 Å². The van der Waals surface area contributed by atoms with Gasteiger partial charge in [-0.3, -0.25) is 0 Å². The maximum atomic E-state index is 9.55. The van der Waals surface area contributed by atoms with Gasteiger partial charge in [-0.2, -0.15) is 5.26 Å². The fourth-order valence-corrected chi connectivity index (χ4v) is 3.37. The summed E-state index contributed by atoms with van der Waals surface area (Å²) in [6.07, 6.45) is 9.08. The number of hydrogen-bond acceptors (Lipinski definition) is 1. The Morgan fingerprint density at radius 3 is 2.50 bits per heavy atom. The Kier molecular flexibility index (Phi) is 6.07. The van der Waals surface area contributed by atoms with Crippen molar-refractivity contribution in [1.82, 2.24) is 4.57 Å². The van der Waals surface area contributed by atoms with Gasteiger partial charge in [-0.1, -0.05) is 63.6 Å². The molecule has 1 atom stereocenters. The first-order valence-corrected chi connectivity index (χ1v) is 8.70. The highest BCUT2D eigenvalue weighted by molar-refractivity contribution is 5.86. The molecule has 0 fully saturated rings. The molecular formula is C20H28N2. The van der Waals surface area contributed by atoms with Gasteiger partial charge in [0.1, 0.15) is 11.8 Å². The van der Waals surface area contributed by atoms with Crippen LogP contribution < -0.4 is 0 Å². The molecule has 0 amide bonds. The summed E-state index contributed by atoms with van der Waals surface area (Å²) in [4.78, 5) is 0. The molecule has 2 rings (SSSR count). The van der Waals surface area contributed by atoms with Gasteiger partial charge >= 0.3 is 0 Å². The number of aromatic nitrogens is 1. The summed E-state index contributed by atoms with van der Waals surface area (Å²) >= 11 is 0. The summed E-state index contributed by atoms with van der Waals surface area (Å²) in [5.74, 6) is 0. The molecule has 1 aromatic carbocycles. The van der Waals surface area contributed by atoms with Gasteiger partial charge < -0.3 is 4.57 Å². The molecule has 0 aliphatic rings. The third kappa shape index (κ3) is 3.53. The first kappa shape index (κ1) is 16.6. The van der Waals surface area contributed by atoms with Crippen molar-refractivity contribution in [3.05, 3.63) is 35.5 Å². The molecule has 1 unspecified atom stereocenters. The lowest BCUT2D eigenvalue weighted by Gasteiger charge is -2.16. The van der Waals surface area contributed by atoms with E-state index < -0.39 is 0 Å². The van der Waals surface area contributed by atoms with Crippen LogP contribution >= 0.6 is 0 Å². The Morgan fingerprint density at radius 2 is 1.77 bits per heavy atom. The van der Waals surface area contributed by atoms with Gasteiger partial charge in [-0.05, 0) is 31.9 Å². The highest BCUT2D eigenvalue weighted by atomic mass is 15.0. The summed E-state index contributed by atoms with van der Waals surface area (Å²) in [6.45, 7) is 6.57. The van der Waals surface area contributed by atoms with Crippen LogP contribution in [0.4, 0.5) is 0 Å². The lowest BCUT2D eigenvalue weighted by atomic mass is 10.1. The van der Waals surface area contributed by atoms with Crippen LogP contribution in [0.2, 0.25) is 0 Å². The van der Waals surface area contributed by atoms with Gasteiger partial charge in [0.15, 0.2) is 0 Å². The Morgan fingerprint density at radius 1 is 1.09 bits per heavy atom. The second kappa shape index (κ2) is 8.03. The first-order chi connectivity index (χ1) is 10.7. The molecule has 22 heavy (non-hydrogen) atoms. The third-order valence-electron chi connectivity index (χ3n) is 4.69. The molecule has 2 heteroatoms. The molecule has 0 aliphatic carbocycles. The Hall–Kier alpha value is -1.75. The largest absolute Gasteiger partial charge is 0.329 e. The van der Waals surface area contributed by atoms with Crippen LogP contribution in [-0.4, -0.2) is 4.57 Å². The number of nitrogens with zero attached hydrogens (tertiary/aromatic N) is 2. The van der Waals surface area contributed by atoms with E-state index in [1.807, 2.05) is 0 Å². The fourth-order valence-electron chi connectivity index (χ4n) is 3.37. The molecule has 0 radical (unpaired) electrons. The van der Waals surface area contributed by atoms with Crippen molar-refractivity contribution in [2.75, 3.05) is 0 Å². The van der Waals surface area contributed by atoms with Crippen molar-refractivity contribution in [1.29, 1.82) is 5.26 Å². The van der Waals surface area contributed by atoms with Crippen LogP contribution in [-0.2, 0) is 0 Å². The topological polar surface area (TPSA) is 28.7 Å². The zero-order chi connectivity index (χ0) is 15.9. The highest BCUT2D eigenvalue weighted by Gasteiger charge is 2.17. The van der Waals surface area contributed by atoms with Crippen molar-refractivity contribution in [3.63, 3.8) is 0 Å². The summed E-state index contributed by atoms with van der Waals surface area (Å²) in [7, 11) is 0. The summed E-state index contributed by atoms with van der Waals surface area (Å²) < 4.78 is 2.25. The van der Waals surface area contributed by atoms with Crippen molar-refractivity contribution in [3.8, 4) is 6.07 Å². The predicted octanol–water partition coefficient (Wildman–Crippen LogP) is 6.13. The summed E-state index contributed by atoms with van der Waals surface area (Å²) in [6, 6.07) is 11.2. The molecule has 0 spiro atoms. The minimum atomic E-state index is 0.388. The zero-order valence-corrected chi connectivity index (χ0v) is 14.2. The number of rotatable bonds is 8. The minimum absolute atomic E-state index is 0.388.